The number of hydrogen-bond donors (Lipinski definition) is 4. The fourth-order valence-electron chi connectivity index (χ4n) is 4.26. The predicted octanol–water partition coefficient (Wildman–Crippen LogP) is 5.57. The second-order valence-electron chi connectivity index (χ2n) is 9.55. The fourth-order valence-corrected chi connectivity index (χ4v) is 4.26. The molecule has 1 saturated carbocycles. The minimum absolute atomic E-state index is 0.0248. The molecule has 5 N–H and O–H groups in total. The van der Waals surface area contributed by atoms with Crippen LogP contribution in [0.15, 0.2) is 97.8 Å². The molecule has 0 unspecified atom stereocenters. The summed E-state index contributed by atoms with van der Waals surface area (Å²) in [7, 11) is 0. The summed E-state index contributed by atoms with van der Waals surface area (Å²) in [5.41, 5.74) is 13.1. The molecule has 1 aliphatic rings. The first-order chi connectivity index (χ1) is 18.8. The van der Waals surface area contributed by atoms with E-state index in [-0.39, 0.29) is 17.5 Å². The van der Waals surface area contributed by atoms with Crippen LogP contribution >= 0.6 is 0 Å². The summed E-state index contributed by atoms with van der Waals surface area (Å²) in [5.74, 6) is 0.118. The normalized spacial score (nSPS) is 13.8. The number of fused-ring (bicyclic) bond motifs is 1. The van der Waals surface area contributed by atoms with Crippen molar-refractivity contribution < 1.29 is 4.79 Å². The van der Waals surface area contributed by atoms with Gasteiger partial charge in [0, 0.05) is 46.1 Å². The zero-order chi connectivity index (χ0) is 27.5. The van der Waals surface area contributed by atoms with Crippen molar-refractivity contribution in [3.05, 3.63) is 115 Å². The summed E-state index contributed by atoms with van der Waals surface area (Å²) in [6.45, 7) is 9.63. The van der Waals surface area contributed by atoms with E-state index in [4.69, 9.17) is 11.1 Å². The molecule has 8 heteroatoms. The molecule has 1 amide bonds. The van der Waals surface area contributed by atoms with Gasteiger partial charge in [0.1, 0.15) is 0 Å². The number of nitrogens with two attached hydrogens (primary N) is 1. The molecule has 4 heterocycles. The molecule has 1 aliphatic carbocycles. The standard InChI is InChI=1S/C31H29N7O/c1-4-18(2)11-21(12-19(3)37-31(39)20-8-9-20)27-14-23(25(32)16-36-27)30(33)28-13-22-24(15-34-17-29(22)38-28)26-7-5-6-10-35-26/h4-7,10-17,20,33,38H,1-2,8-9,32H2,3H3,(H,37,39)/b19-12+,21-11+,33-30?. The smallest absolute Gasteiger partial charge is 0.227 e. The molecular formula is C31H29N7O. The lowest BCUT2D eigenvalue weighted by Crippen LogP contribution is -2.22. The number of nitrogens with zero attached hydrogens (tertiary/aromatic N) is 3. The van der Waals surface area contributed by atoms with Gasteiger partial charge in [-0.2, -0.15) is 0 Å². The number of aromatic nitrogens is 4. The minimum atomic E-state index is 0.0248. The Morgan fingerprint density at radius 2 is 2.00 bits per heavy atom. The van der Waals surface area contributed by atoms with Crippen molar-refractivity contribution in [2.75, 3.05) is 5.73 Å². The van der Waals surface area contributed by atoms with Crippen molar-refractivity contribution in [3.8, 4) is 11.3 Å². The lowest BCUT2D eigenvalue weighted by molar-refractivity contribution is -0.121. The number of hydrogen-bond acceptors (Lipinski definition) is 6. The van der Waals surface area contributed by atoms with Crippen LogP contribution in [0.25, 0.3) is 27.7 Å². The van der Waals surface area contributed by atoms with Gasteiger partial charge in [-0.25, -0.2) is 0 Å². The second kappa shape index (κ2) is 10.7. The van der Waals surface area contributed by atoms with E-state index in [0.29, 0.717) is 39.5 Å². The number of allylic oxidation sites excluding steroid dienone is 6. The molecule has 194 valence electrons. The van der Waals surface area contributed by atoms with Crippen molar-refractivity contribution >= 4 is 33.8 Å². The summed E-state index contributed by atoms with van der Waals surface area (Å²) < 4.78 is 0. The van der Waals surface area contributed by atoms with Crippen LogP contribution in [-0.4, -0.2) is 31.6 Å². The Kier molecular flexibility index (Phi) is 7.01. The number of carbonyl (C=O) groups is 1. The van der Waals surface area contributed by atoms with Gasteiger partial charge in [0.25, 0.3) is 0 Å². The minimum Gasteiger partial charge on any atom is -0.397 e. The molecule has 0 bridgehead atoms. The van der Waals surface area contributed by atoms with Crippen molar-refractivity contribution in [1.29, 1.82) is 5.41 Å². The Morgan fingerprint density at radius 3 is 2.72 bits per heavy atom. The molecule has 39 heavy (non-hydrogen) atoms. The maximum atomic E-state index is 12.3. The van der Waals surface area contributed by atoms with E-state index in [1.165, 1.54) is 0 Å². The summed E-state index contributed by atoms with van der Waals surface area (Å²) in [6, 6.07) is 9.40. The highest BCUT2D eigenvalue weighted by atomic mass is 16.2. The van der Waals surface area contributed by atoms with Crippen molar-refractivity contribution in [2.24, 2.45) is 5.92 Å². The van der Waals surface area contributed by atoms with Crippen molar-refractivity contribution in [2.45, 2.75) is 19.8 Å². The number of carbonyl (C=O) groups excluding carboxylic acids is 1. The number of nitrogens with one attached hydrogen (secondary N) is 3. The maximum Gasteiger partial charge on any atom is 0.227 e. The van der Waals surface area contributed by atoms with Gasteiger partial charge in [-0.05, 0) is 61.8 Å². The van der Waals surface area contributed by atoms with E-state index < -0.39 is 0 Å². The Labute approximate surface area is 226 Å². The molecule has 0 aliphatic heterocycles. The Bertz CT molecular complexity index is 1670. The third-order valence-corrected chi connectivity index (χ3v) is 6.50. The molecule has 4 aromatic heterocycles. The number of H-pyrrole nitrogens is 1. The maximum absolute atomic E-state index is 12.3. The summed E-state index contributed by atoms with van der Waals surface area (Å²) in [4.78, 5) is 28.9. The topological polar surface area (TPSA) is 133 Å². The number of rotatable bonds is 9. The lowest BCUT2D eigenvalue weighted by atomic mass is 10.0. The average molecular weight is 516 g/mol. The Balaban J connectivity index is 1.52. The van der Waals surface area contributed by atoms with Crippen LogP contribution in [0, 0.1) is 11.3 Å². The van der Waals surface area contributed by atoms with E-state index in [1.807, 2.05) is 43.3 Å². The molecule has 0 radical (unpaired) electrons. The molecule has 0 spiro atoms. The number of anilines is 1. The van der Waals surface area contributed by atoms with Gasteiger partial charge < -0.3 is 16.0 Å². The van der Waals surface area contributed by atoms with Crippen LogP contribution in [0.5, 0.6) is 0 Å². The highest BCUT2D eigenvalue weighted by molar-refractivity contribution is 6.15. The average Bonchev–Trinajstić information content (AvgIpc) is 3.71. The quantitative estimate of drug-likeness (QED) is 0.171. The van der Waals surface area contributed by atoms with Gasteiger partial charge in [0.2, 0.25) is 5.91 Å². The molecular weight excluding hydrogens is 486 g/mol. The first kappa shape index (κ1) is 25.5. The van der Waals surface area contributed by atoms with E-state index in [2.05, 4.69) is 38.4 Å². The highest BCUT2D eigenvalue weighted by Gasteiger charge is 2.29. The van der Waals surface area contributed by atoms with E-state index in [9.17, 15) is 4.79 Å². The number of nitrogen functional groups attached to an aromatic ring is 1. The van der Waals surface area contributed by atoms with Gasteiger partial charge in [-0.3, -0.25) is 25.2 Å². The molecule has 8 nitrogen and oxygen atoms in total. The number of pyridine rings is 3. The van der Waals surface area contributed by atoms with Crippen LogP contribution < -0.4 is 11.1 Å². The largest absolute Gasteiger partial charge is 0.397 e. The molecule has 0 aromatic carbocycles. The predicted molar refractivity (Wildman–Crippen MR) is 156 cm³/mol. The summed E-state index contributed by atoms with van der Waals surface area (Å²) in [6.07, 6.45) is 13.9. The van der Waals surface area contributed by atoms with Crippen LogP contribution in [-0.2, 0) is 4.79 Å². The first-order valence-electron chi connectivity index (χ1n) is 12.6. The SMILES string of the molecule is C=CC(=C)/C=C(\C=C(/C)NC(=O)C1CC1)c1cc(C(=N)c2cc3c(-c4ccccn4)cncc3[nH]2)c(N)cn1. The van der Waals surface area contributed by atoms with Gasteiger partial charge >= 0.3 is 0 Å². The fraction of sp³-hybridized carbons (Fsp3) is 0.129. The van der Waals surface area contributed by atoms with E-state index in [0.717, 1.165) is 35.0 Å². The molecule has 0 saturated heterocycles. The van der Waals surface area contributed by atoms with E-state index >= 15 is 0 Å². The molecule has 0 atom stereocenters. The van der Waals surface area contributed by atoms with Gasteiger partial charge in [-0.1, -0.05) is 25.3 Å². The van der Waals surface area contributed by atoms with Gasteiger partial charge in [0.05, 0.1) is 46.4 Å². The van der Waals surface area contributed by atoms with Crippen LogP contribution in [0.4, 0.5) is 5.69 Å². The van der Waals surface area contributed by atoms with Crippen LogP contribution in [0.1, 0.15) is 36.7 Å². The Hall–Kier alpha value is -5.11. The highest BCUT2D eigenvalue weighted by Crippen LogP contribution is 2.30. The summed E-state index contributed by atoms with van der Waals surface area (Å²) >= 11 is 0. The van der Waals surface area contributed by atoms with Crippen molar-refractivity contribution in [1.82, 2.24) is 25.3 Å². The monoisotopic (exact) mass is 515 g/mol. The molecule has 5 rings (SSSR count). The number of amides is 1. The van der Waals surface area contributed by atoms with Crippen molar-refractivity contribution in [3.63, 3.8) is 0 Å². The van der Waals surface area contributed by atoms with Crippen LogP contribution in [0.2, 0.25) is 0 Å². The van der Waals surface area contributed by atoms with Gasteiger partial charge in [-0.15, -0.1) is 0 Å². The zero-order valence-electron chi connectivity index (χ0n) is 21.7. The van der Waals surface area contributed by atoms with E-state index in [1.54, 1.807) is 36.9 Å². The second-order valence-corrected chi connectivity index (χ2v) is 9.55. The zero-order valence-corrected chi connectivity index (χ0v) is 21.7. The third kappa shape index (κ3) is 5.60. The third-order valence-electron chi connectivity index (χ3n) is 6.50. The van der Waals surface area contributed by atoms with Crippen LogP contribution in [0.3, 0.4) is 0 Å². The summed E-state index contributed by atoms with van der Waals surface area (Å²) in [5, 5.41) is 12.9. The molecule has 1 fully saturated rings. The number of aromatic amines is 1. The van der Waals surface area contributed by atoms with Gasteiger partial charge in [0.15, 0.2) is 0 Å². The Morgan fingerprint density at radius 1 is 1.18 bits per heavy atom. The lowest BCUT2D eigenvalue weighted by Gasteiger charge is -2.11. The molecule has 4 aromatic rings. The first-order valence-corrected chi connectivity index (χ1v) is 12.6.